The number of fused-ring (bicyclic) bond motifs is 2. The van der Waals surface area contributed by atoms with Gasteiger partial charge < -0.3 is 25.9 Å². The first-order chi connectivity index (χ1) is 14.1. The lowest BCUT2D eigenvalue weighted by atomic mass is 9.87. The number of H-pyrrole nitrogens is 1. The van der Waals surface area contributed by atoms with Gasteiger partial charge in [-0.2, -0.15) is 0 Å². The largest absolute Gasteiger partial charge is 0.482 e. The van der Waals surface area contributed by atoms with Crippen LogP contribution in [0.15, 0.2) is 28.4 Å². The van der Waals surface area contributed by atoms with E-state index in [9.17, 15) is 14.4 Å². The summed E-state index contributed by atoms with van der Waals surface area (Å²) < 4.78 is 5.18. The van der Waals surface area contributed by atoms with Gasteiger partial charge in [0.1, 0.15) is 10.6 Å². The van der Waals surface area contributed by atoms with Crippen LogP contribution in [0, 0.1) is 0 Å². The molecule has 0 fully saturated rings. The third-order valence-corrected chi connectivity index (χ3v) is 5.24. The van der Waals surface area contributed by atoms with Gasteiger partial charge in [0.15, 0.2) is 6.61 Å². The van der Waals surface area contributed by atoms with E-state index in [1.807, 2.05) is 44.4 Å². The van der Waals surface area contributed by atoms with Gasteiger partial charge in [-0.05, 0) is 34.1 Å². The molecule has 2 aromatic heterocycles. The standard InChI is InChI=1S/C11H12N2O3S.C9H10N2O2.ClH/c1-11(2,3)5-4-17-9-6(5)8(14)12-7(13-9)10(15)16;10-4-6-1-2-8-7(3-6)11-9(12)5-13-8;/h4H,1-3H3,(H,15,16)(H,12,13,14);1-3H,4-5,10H2,(H,11,12);1H. The summed E-state index contributed by atoms with van der Waals surface area (Å²) in [5.74, 6) is -0.960. The number of aromatic nitrogens is 2. The number of hydrogen-bond acceptors (Lipinski definition) is 7. The molecule has 9 nitrogen and oxygen atoms in total. The van der Waals surface area contributed by atoms with Crippen LogP contribution in [0.25, 0.3) is 10.2 Å². The second-order valence-electron chi connectivity index (χ2n) is 7.67. The fourth-order valence-electron chi connectivity index (χ4n) is 2.86. The Bertz CT molecular complexity index is 1180. The molecule has 0 radical (unpaired) electrons. The monoisotopic (exact) mass is 466 g/mol. The van der Waals surface area contributed by atoms with E-state index in [0.29, 0.717) is 28.2 Å². The zero-order chi connectivity index (χ0) is 22.1. The van der Waals surface area contributed by atoms with Gasteiger partial charge in [-0.25, -0.2) is 9.78 Å². The average Bonchev–Trinajstić information content (AvgIpc) is 3.13. The number of carbonyl (C=O) groups excluding carboxylic acids is 1. The molecule has 31 heavy (non-hydrogen) atoms. The molecular formula is C20H23ClN4O5S. The first-order valence-electron chi connectivity index (χ1n) is 9.11. The Morgan fingerprint density at radius 3 is 2.65 bits per heavy atom. The van der Waals surface area contributed by atoms with Crippen LogP contribution >= 0.6 is 23.7 Å². The normalized spacial score (nSPS) is 12.6. The summed E-state index contributed by atoms with van der Waals surface area (Å²) in [5.41, 5.74) is 7.48. The lowest BCUT2D eigenvalue weighted by Gasteiger charge is -2.18. The summed E-state index contributed by atoms with van der Waals surface area (Å²) in [4.78, 5) is 40.3. The molecule has 1 aliphatic heterocycles. The number of halogens is 1. The average molecular weight is 467 g/mol. The van der Waals surface area contributed by atoms with Crippen molar-refractivity contribution in [1.82, 2.24) is 9.97 Å². The fourth-order valence-corrected chi connectivity index (χ4v) is 4.02. The molecule has 0 spiro atoms. The first kappa shape index (κ1) is 24.3. The third kappa shape index (κ3) is 5.40. The highest BCUT2D eigenvalue weighted by Gasteiger charge is 2.22. The second kappa shape index (κ2) is 9.46. The number of nitrogens with two attached hydrogens (primary N) is 1. The number of thiophene rings is 1. The van der Waals surface area contributed by atoms with E-state index in [1.54, 1.807) is 0 Å². The third-order valence-electron chi connectivity index (χ3n) is 4.37. The van der Waals surface area contributed by atoms with Crippen molar-refractivity contribution in [2.24, 2.45) is 5.73 Å². The molecule has 1 aliphatic rings. The number of aromatic amines is 1. The van der Waals surface area contributed by atoms with Gasteiger partial charge in [-0.1, -0.05) is 26.8 Å². The van der Waals surface area contributed by atoms with Gasteiger partial charge in [0, 0.05) is 6.54 Å². The molecule has 166 valence electrons. The highest BCUT2D eigenvalue weighted by Crippen LogP contribution is 2.31. The van der Waals surface area contributed by atoms with Crippen molar-refractivity contribution in [3.05, 3.63) is 50.9 Å². The van der Waals surface area contributed by atoms with Gasteiger partial charge in [0.2, 0.25) is 5.82 Å². The van der Waals surface area contributed by atoms with Gasteiger partial charge >= 0.3 is 5.97 Å². The van der Waals surface area contributed by atoms with E-state index in [1.165, 1.54) is 11.3 Å². The molecule has 1 aromatic carbocycles. The van der Waals surface area contributed by atoms with Crippen LogP contribution in [0.4, 0.5) is 5.69 Å². The van der Waals surface area contributed by atoms with Crippen LogP contribution in [0.2, 0.25) is 0 Å². The maximum absolute atomic E-state index is 11.9. The van der Waals surface area contributed by atoms with E-state index in [4.69, 9.17) is 15.6 Å². The van der Waals surface area contributed by atoms with Crippen molar-refractivity contribution in [2.75, 3.05) is 11.9 Å². The summed E-state index contributed by atoms with van der Waals surface area (Å²) in [6.45, 7) is 6.55. The Hall–Kier alpha value is -2.95. The zero-order valence-corrected chi connectivity index (χ0v) is 18.8. The molecule has 5 N–H and O–H groups in total. The number of amides is 1. The SMILES string of the molecule is CC(C)(C)c1csc2nc(C(=O)O)[nH]c(=O)c12.Cl.NCc1ccc2c(c1)NC(=O)CO2. The number of carboxylic acids is 1. The second-order valence-corrected chi connectivity index (χ2v) is 8.53. The van der Waals surface area contributed by atoms with Crippen molar-refractivity contribution >= 4 is 51.5 Å². The molecule has 3 aromatic rings. The van der Waals surface area contributed by atoms with Crippen molar-refractivity contribution in [1.29, 1.82) is 0 Å². The van der Waals surface area contributed by atoms with E-state index in [2.05, 4.69) is 15.3 Å². The van der Waals surface area contributed by atoms with Crippen molar-refractivity contribution < 1.29 is 19.4 Å². The number of anilines is 1. The molecule has 1 amide bonds. The number of nitrogens with one attached hydrogen (secondary N) is 2. The number of rotatable bonds is 2. The number of carboxylic acid groups (broad SMARTS) is 1. The van der Waals surface area contributed by atoms with Crippen LogP contribution in [-0.4, -0.2) is 33.6 Å². The van der Waals surface area contributed by atoms with Gasteiger partial charge in [-0.15, -0.1) is 23.7 Å². The molecule has 3 heterocycles. The highest BCUT2D eigenvalue weighted by atomic mass is 35.5. The number of nitrogens with zero attached hydrogens (tertiary/aromatic N) is 1. The van der Waals surface area contributed by atoms with Crippen LogP contribution in [0.1, 0.15) is 42.5 Å². The topological polar surface area (TPSA) is 147 Å². The molecule has 0 atom stereocenters. The smallest absolute Gasteiger partial charge is 0.372 e. The minimum Gasteiger partial charge on any atom is -0.482 e. The highest BCUT2D eigenvalue weighted by molar-refractivity contribution is 7.16. The predicted octanol–water partition coefficient (Wildman–Crippen LogP) is 2.88. The van der Waals surface area contributed by atoms with Gasteiger partial charge in [0.05, 0.1) is 11.1 Å². The van der Waals surface area contributed by atoms with Crippen molar-refractivity contribution in [3.63, 3.8) is 0 Å². The maximum atomic E-state index is 11.9. The molecule has 0 saturated heterocycles. The molecule has 0 saturated carbocycles. The van der Waals surface area contributed by atoms with E-state index in [0.717, 1.165) is 11.1 Å². The Morgan fingerprint density at radius 1 is 1.32 bits per heavy atom. The summed E-state index contributed by atoms with van der Waals surface area (Å²) in [7, 11) is 0. The Balaban J connectivity index is 0.000000220. The summed E-state index contributed by atoms with van der Waals surface area (Å²) in [5, 5.41) is 13.9. The Labute approximate surface area is 188 Å². The van der Waals surface area contributed by atoms with Gasteiger partial charge in [-0.3, -0.25) is 9.59 Å². The predicted molar refractivity (Wildman–Crippen MR) is 122 cm³/mol. The van der Waals surface area contributed by atoms with Crippen LogP contribution in [-0.2, 0) is 16.8 Å². The summed E-state index contributed by atoms with van der Waals surface area (Å²) in [6.07, 6.45) is 0. The molecule has 0 unspecified atom stereocenters. The van der Waals surface area contributed by atoms with E-state index >= 15 is 0 Å². The fraction of sp³-hybridized carbons (Fsp3) is 0.300. The van der Waals surface area contributed by atoms with Crippen LogP contribution < -0.4 is 21.3 Å². The number of carbonyl (C=O) groups is 2. The lowest BCUT2D eigenvalue weighted by Crippen LogP contribution is -2.25. The number of benzene rings is 1. The lowest BCUT2D eigenvalue weighted by molar-refractivity contribution is -0.118. The number of hydrogen-bond donors (Lipinski definition) is 4. The summed E-state index contributed by atoms with van der Waals surface area (Å²) >= 11 is 1.29. The number of ether oxygens (including phenoxy) is 1. The van der Waals surface area contributed by atoms with Crippen molar-refractivity contribution in [3.8, 4) is 5.75 Å². The molecule has 11 heteroatoms. The molecule has 4 rings (SSSR count). The molecule has 0 bridgehead atoms. The minimum atomic E-state index is -1.23. The van der Waals surface area contributed by atoms with Crippen molar-refractivity contribution in [2.45, 2.75) is 32.7 Å². The van der Waals surface area contributed by atoms with Crippen LogP contribution in [0.3, 0.4) is 0 Å². The first-order valence-corrected chi connectivity index (χ1v) is 9.99. The molecule has 0 aliphatic carbocycles. The van der Waals surface area contributed by atoms with Gasteiger partial charge in [0.25, 0.3) is 11.5 Å². The zero-order valence-electron chi connectivity index (χ0n) is 17.1. The van der Waals surface area contributed by atoms with Crippen LogP contribution in [0.5, 0.6) is 5.75 Å². The Morgan fingerprint density at radius 2 is 2.03 bits per heavy atom. The molecular weight excluding hydrogens is 444 g/mol. The minimum absolute atomic E-state index is 0. The number of aromatic carboxylic acids is 1. The quantitative estimate of drug-likeness (QED) is 0.453. The maximum Gasteiger partial charge on any atom is 0.372 e. The van der Waals surface area contributed by atoms with E-state index in [-0.39, 0.29) is 36.2 Å². The Kier molecular flexibility index (Phi) is 7.42. The van der Waals surface area contributed by atoms with E-state index < -0.39 is 11.5 Å². The summed E-state index contributed by atoms with van der Waals surface area (Å²) in [6, 6.07) is 5.53.